The van der Waals surface area contributed by atoms with Gasteiger partial charge in [-0.15, -0.1) is 0 Å². The third-order valence-corrected chi connectivity index (χ3v) is 5.58. The van der Waals surface area contributed by atoms with Crippen molar-refractivity contribution in [3.8, 4) is 0 Å². The van der Waals surface area contributed by atoms with Gasteiger partial charge in [0.05, 0.1) is 29.5 Å². The number of nitrogens with zero attached hydrogens (tertiary/aromatic N) is 2. The predicted molar refractivity (Wildman–Crippen MR) is 121 cm³/mol. The molecule has 3 rings (SSSR count). The molecule has 31 heavy (non-hydrogen) atoms. The van der Waals surface area contributed by atoms with Crippen molar-refractivity contribution in [1.29, 1.82) is 0 Å². The number of nitrogens with one attached hydrogen (secondary N) is 2. The van der Waals surface area contributed by atoms with Crippen LogP contribution in [0.5, 0.6) is 0 Å². The molecule has 2 heterocycles. The molecule has 164 valence electrons. The van der Waals surface area contributed by atoms with Gasteiger partial charge in [0.1, 0.15) is 5.76 Å². The monoisotopic (exact) mass is 462 g/mol. The number of aromatic nitrogens is 2. The van der Waals surface area contributed by atoms with Crippen LogP contribution in [0.2, 0.25) is 5.02 Å². The largest absolute Gasteiger partial charge is 0.467 e. The second kappa shape index (κ2) is 10.5. The van der Waals surface area contributed by atoms with Gasteiger partial charge in [0.2, 0.25) is 5.91 Å². The van der Waals surface area contributed by atoms with Gasteiger partial charge in [-0.2, -0.15) is 0 Å². The van der Waals surface area contributed by atoms with Crippen molar-refractivity contribution < 1.29 is 14.0 Å². The Bertz CT molecular complexity index is 1130. The van der Waals surface area contributed by atoms with Gasteiger partial charge in [0.25, 0.3) is 5.56 Å². The number of hydrogen-bond donors (Lipinski definition) is 2. The Balaban J connectivity index is 1.76. The molecule has 0 aliphatic rings. The molecule has 2 N–H and O–H groups in total. The summed E-state index contributed by atoms with van der Waals surface area (Å²) < 4.78 is 6.80. The summed E-state index contributed by atoms with van der Waals surface area (Å²) in [6, 6.07) is 7.78. The van der Waals surface area contributed by atoms with E-state index in [-0.39, 0.29) is 17.9 Å². The van der Waals surface area contributed by atoms with Crippen LogP contribution in [0, 0.1) is 5.92 Å². The lowest BCUT2D eigenvalue weighted by Gasteiger charge is -2.12. The van der Waals surface area contributed by atoms with Crippen molar-refractivity contribution in [3.63, 3.8) is 0 Å². The highest BCUT2D eigenvalue weighted by Gasteiger charge is 2.16. The third kappa shape index (κ3) is 6.35. The molecule has 0 bridgehead atoms. The van der Waals surface area contributed by atoms with Crippen LogP contribution in [0.25, 0.3) is 10.9 Å². The number of thioether (sulfide) groups is 1. The summed E-state index contributed by atoms with van der Waals surface area (Å²) in [6.45, 7) is 4.75. The van der Waals surface area contributed by atoms with Crippen LogP contribution in [-0.2, 0) is 11.3 Å². The van der Waals surface area contributed by atoms with Gasteiger partial charge in [0.15, 0.2) is 5.16 Å². The minimum absolute atomic E-state index is 0.0890. The maximum Gasteiger partial charge on any atom is 0.321 e. The lowest BCUT2D eigenvalue weighted by molar-refractivity contribution is -0.117. The summed E-state index contributed by atoms with van der Waals surface area (Å²) in [5.41, 5.74) is 0.162. The maximum atomic E-state index is 13.0. The molecular weight excluding hydrogens is 440 g/mol. The quantitative estimate of drug-likeness (QED) is 0.391. The van der Waals surface area contributed by atoms with E-state index in [4.69, 9.17) is 16.0 Å². The van der Waals surface area contributed by atoms with Gasteiger partial charge in [-0.25, -0.2) is 9.78 Å². The van der Waals surface area contributed by atoms with Crippen molar-refractivity contribution in [1.82, 2.24) is 20.2 Å². The molecule has 0 aliphatic carbocycles. The first-order chi connectivity index (χ1) is 14.8. The van der Waals surface area contributed by atoms with E-state index in [1.54, 1.807) is 30.3 Å². The number of halogens is 1. The van der Waals surface area contributed by atoms with E-state index in [0.29, 0.717) is 39.3 Å². The highest BCUT2D eigenvalue weighted by molar-refractivity contribution is 7.99. The highest BCUT2D eigenvalue weighted by Crippen LogP contribution is 2.21. The number of hydrogen-bond acceptors (Lipinski definition) is 6. The van der Waals surface area contributed by atoms with Crippen LogP contribution in [-0.4, -0.2) is 33.8 Å². The third-order valence-electron chi connectivity index (χ3n) is 4.37. The summed E-state index contributed by atoms with van der Waals surface area (Å²) in [7, 11) is 0. The standard InChI is InChI=1S/C21H23ClN4O4S/c1-13(2)7-8-23-20(29)25-18(27)12-31-21-24-17-10-14(22)5-6-16(17)19(28)26(21)11-15-4-3-9-30-15/h3-6,9-10,13H,7-8,11-12H2,1-2H3,(H2,23,25,27,29). The Labute approximate surface area is 188 Å². The summed E-state index contributed by atoms with van der Waals surface area (Å²) >= 11 is 7.10. The summed E-state index contributed by atoms with van der Waals surface area (Å²) in [5, 5.41) is 6.12. The molecule has 0 saturated heterocycles. The summed E-state index contributed by atoms with van der Waals surface area (Å²) in [4.78, 5) is 41.6. The Hall–Kier alpha value is -2.78. The minimum Gasteiger partial charge on any atom is -0.467 e. The van der Waals surface area contributed by atoms with Crippen molar-refractivity contribution in [2.45, 2.75) is 32.0 Å². The van der Waals surface area contributed by atoms with E-state index in [1.807, 2.05) is 13.8 Å². The summed E-state index contributed by atoms with van der Waals surface area (Å²) in [5.74, 6) is 0.448. The predicted octanol–water partition coefficient (Wildman–Crippen LogP) is 3.66. The van der Waals surface area contributed by atoms with E-state index in [2.05, 4.69) is 15.6 Å². The molecule has 2 aromatic heterocycles. The number of carbonyl (C=O) groups excluding carboxylic acids is 2. The number of furan rings is 1. The van der Waals surface area contributed by atoms with Gasteiger partial charge in [-0.1, -0.05) is 37.2 Å². The van der Waals surface area contributed by atoms with Crippen LogP contribution in [0.1, 0.15) is 26.0 Å². The van der Waals surface area contributed by atoms with E-state index in [1.165, 1.54) is 10.8 Å². The first kappa shape index (κ1) is 22.9. The average Bonchev–Trinajstić information content (AvgIpc) is 3.21. The number of imide groups is 1. The number of fused-ring (bicyclic) bond motifs is 1. The fourth-order valence-corrected chi connectivity index (χ4v) is 3.76. The SMILES string of the molecule is CC(C)CCNC(=O)NC(=O)CSc1nc2cc(Cl)ccc2c(=O)n1Cc1ccco1. The van der Waals surface area contributed by atoms with Crippen molar-refractivity contribution in [2.24, 2.45) is 5.92 Å². The second-order valence-electron chi connectivity index (χ2n) is 7.30. The maximum absolute atomic E-state index is 13.0. The van der Waals surface area contributed by atoms with Gasteiger partial charge < -0.3 is 9.73 Å². The zero-order valence-corrected chi connectivity index (χ0v) is 18.8. The fourth-order valence-electron chi connectivity index (χ4n) is 2.79. The topological polar surface area (TPSA) is 106 Å². The first-order valence-electron chi connectivity index (χ1n) is 9.76. The molecular formula is C21H23ClN4O4S. The number of amides is 3. The molecule has 0 fully saturated rings. The zero-order chi connectivity index (χ0) is 22.4. The number of urea groups is 1. The van der Waals surface area contributed by atoms with Crippen molar-refractivity contribution >= 4 is 46.2 Å². The normalized spacial score (nSPS) is 11.1. The van der Waals surface area contributed by atoms with E-state index < -0.39 is 11.9 Å². The number of benzene rings is 1. The molecule has 10 heteroatoms. The Morgan fingerprint density at radius 3 is 2.81 bits per heavy atom. The van der Waals surface area contributed by atoms with Crippen LogP contribution < -0.4 is 16.2 Å². The zero-order valence-electron chi connectivity index (χ0n) is 17.2. The van der Waals surface area contributed by atoms with Crippen LogP contribution in [0.3, 0.4) is 0 Å². The average molecular weight is 463 g/mol. The smallest absolute Gasteiger partial charge is 0.321 e. The van der Waals surface area contributed by atoms with E-state index in [9.17, 15) is 14.4 Å². The lowest BCUT2D eigenvalue weighted by atomic mass is 10.1. The minimum atomic E-state index is -0.544. The van der Waals surface area contributed by atoms with Crippen molar-refractivity contribution in [3.05, 3.63) is 57.7 Å². The van der Waals surface area contributed by atoms with Gasteiger partial charge in [-0.05, 0) is 42.7 Å². The van der Waals surface area contributed by atoms with Crippen LogP contribution in [0.15, 0.2) is 51.0 Å². The number of rotatable bonds is 8. The molecule has 8 nitrogen and oxygen atoms in total. The molecule has 3 amide bonds. The van der Waals surface area contributed by atoms with Crippen molar-refractivity contribution in [2.75, 3.05) is 12.3 Å². The van der Waals surface area contributed by atoms with Gasteiger partial charge in [-0.3, -0.25) is 19.5 Å². The first-order valence-corrected chi connectivity index (χ1v) is 11.1. The summed E-state index contributed by atoms with van der Waals surface area (Å²) in [6.07, 6.45) is 2.34. The Morgan fingerprint density at radius 2 is 2.10 bits per heavy atom. The highest BCUT2D eigenvalue weighted by atomic mass is 35.5. The van der Waals surface area contributed by atoms with Gasteiger partial charge >= 0.3 is 6.03 Å². The molecule has 0 saturated carbocycles. The molecule has 0 atom stereocenters. The fraction of sp³-hybridized carbons (Fsp3) is 0.333. The van der Waals surface area contributed by atoms with E-state index >= 15 is 0 Å². The van der Waals surface area contributed by atoms with Gasteiger partial charge in [0, 0.05) is 11.6 Å². The molecule has 0 unspecified atom stereocenters. The lowest BCUT2D eigenvalue weighted by Crippen LogP contribution is -2.41. The molecule has 0 spiro atoms. The van der Waals surface area contributed by atoms with Crippen LogP contribution in [0.4, 0.5) is 4.79 Å². The Morgan fingerprint density at radius 1 is 1.29 bits per heavy atom. The number of carbonyl (C=O) groups is 2. The molecule has 0 radical (unpaired) electrons. The molecule has 3 aromatic rings. The van der Waals surface area contributed by atoms with Crippen LogP contribution >= 0.6 is 23.4 Å². The Kier molecular flexibility index (Phi) is 7.75. The molecule has 1 aromatic carbocycles. The molecule has 0 aliphatic heterocycles. The van der Waals surface area contributed by atoms with E-state index in [0.717, 1.165) is 18.2 Å². The second-order valence-corrected chi connectivity index (χ2v) is 8.68.